The van der Waals surface area contributed by atoms with E-state index in [-0.39, 0.29) is 17.4 Å². The molecule has 0 spiro atoms. The summed E-state index contributed by atoms with van der Waals surface area (Å²) >= 11 is 0. The molecule has 88 valence electrons. The van der Waals surface area contributed by atoms with Crippen molar-refractivity contribution in [2.75, 3.05) is 13.1 Å². The van der Waals surface area contributed by atoms with E-state index in [1.165, 1.54) is 12.3 Å². The van der Waals surface area contributed by atoms with Crippen molar-refractivity contribution in [3.05, 3.63) is 29.8 Å². The molecule has 2 rings (SSSR count). The number of halogens is 1. The highest BCUT2D eigenvalue weighted by molar-refractivity contribution is 5.94. The van der Waals surface area contributed by atoms with E-state index < -0.39 is 5.95 Å². The Labute approximate surface area is 98.7 Å². The Morgan fingerprint density at radius 2 is 2.47 bits per heavy atom. The zero-order valence-electron chi connectivity index (χ0n) is 9.27. The van der Waals surface area contributed by atoms with E-state index in [0.717, 1.165) is 18.9 Å². The van der Waals surface area contributed by atoms with Gasteiger partial charge in [0.2, 0.25) is 5.95 Å². The number of aromatic nitrogens is 1. The van der Waals surface area contributed by atoms with E-state index in [1.54, 1.807) is 4.90 Å². The minimum Gasteiger partial charge on any atom is -0.337 e. The lowest BCUT2D eigenvalue weighted by atomic mass is 9.99. The maximum atomic E-state index is 12.9. The molecule has 1 fully saturated rings. The van der Waals surface area contributed by atoms with Gasteiger partial charge in [-0.3, -0.25) is 4.79 Å². The Bertz CT molecular complexity index is 469. The summed E-state index contributed by atoms with van der Waals surface area (Å²) in [4.78, 5) is 17.0. The van der Waals surface area contributed by atoms with Gasteiger partial charge in [-0.15, -0.1) is 0 Å². The van der Waals surface area contributed by atoms with Crippen LogP contribution in [0.1, 0.15) is 23.2 Å². The van der Waals surface area contributed by atoms with Crippen molar-refractivity contribution in [3.63, 3.8) is 0 Å². The number of pyridine rings is 1. The summed E-state index contributed by atoms with van der Waals surface area (Å²) in [5, 5.41) is 8.85. The Hall–Kier alpha value is -1.96. The summed E-state index contributed by atoms with van der Waals surface area (Å²) in [7, 11) is 0. The van der Waals surface area contributed by atoms with Crippen LogP contribution in [-0.2, 0) is 0 Å². The molecule has 1 atom stereocenters. The van der Waals surface area contributed by atoms with Crippen molar-refractivity contribution in [3.8, 4) is 6.07 Å². The second kappa shape index (κ2) is 4.91. The van der Waals surface area contributed by atoms with Crippen molar-refractivity contribution in [2.45, 2.75) is 12.8 Å². The highest BCUT2D eigenvalue weighted by Crippen LogP contribution is 2.17. The maximum absolute atomic E-state index is 12.9. The first kappa shape index (κ1) is 11.5. The fourth-order valence-corrected chi connectivity index (χ4v) is 1.99. The SMILES string of the molecule is N#CC1CCCN(C(=O)c2ccnc(F)c2)C1. The van der Waals surface area contributed by atoms with Crippen LogP contribution in [0.25, 0.3) is 0 Å². The van der Waals surface area contributed by atoms with Crippen molar-refractivity contribution >= 4 is 5.91 Å². The molecular weight excluding hydrogens is 221 g/mol. The number of rotatable bonds is 1. The molecule has 17 heavy (non-hydrogen) atoms. The zero-order chi connectivity index (χ0) is 12.3. The molecule has 2 heterocycles. The molecule has 1 aliphatic rings. The summed E-state index contributed by atoms with van der Waals surface area (Å²) in [6.07, 6.45) is 2.91. The van der Waals surface area contributed by atoms with Crippen LogP contribution < -0.4 is 0 Å². The Balaban J connectivity index is 2.12. The van der Waals surface area contributed by atoms with E-state index >= 15 is 0 Å². The molecule has 1 saturated heterocycles. The summed E-state index contributed by atoms with van der Waals surface area (Å²) in [5.74, 6) is -1.00. The van der Waals surface area contributed by atoms with Gasteiger partial charge < -0.3 is 4.90 Å². The highest BCUT2D eigenvalue weighted by atomic mass is 19.1. The third kappa shape index (κ3) is 2.59. The highest BCUT2D eigenvalue weighted by Gasteiger charge is 2.24. The standard InChI is InChI=1S/C12H12FN3O/c13-11-6-10(3-4-15-11)12(17)16-5-1-2-9(7-14)8-16/h3-4,6,9H,1-2,5,8H2. The summed E-state index contributed by atoms with van der Waals surface area (Å²) in [6, 6.07) is 4.78. The molecule has 1 aromatic heterocycles. The van der Waals surface area contributed by atoms with Crippen LogP contribution in [0, 0.1) is 23.2 Å². The Kier molecular flexibility index (Phi) is 3.33. The van der Waals surface area contributed by atoms with Gasteiger partial charge in [-0.1, -0.05) is 0 Å². The van der Waals surface area contributed by atoms with Gasteiger partial charge in [0, 0.05) is 30.9 Å². The molecule has 5 heteroatoms. The topological polar surface area (TPSA) is 57.0 Å². The monoisotopic (exact) mass is 233 g/mol. The number of carbonyl (C=O) groups excluding carboxylic acids is 1. The molecule has 0 aliphatic carbocycles. The molecule has 1 unspecified atom stereocenters. The number of hydrogen-bond acceptors (Lipinski definition) is 3. The summed E-state index contributed by atoms with van der Waals surface area (Å²) < 4.78 is 12.9. The molecule has 1 aliphatic heterocycles. The van der Waals surface area contributed by atoms with Gasteiger partial charge in [-0.05, 0) is 18.9 Å². The molecule has 0 saturated carbocycles. The van der Waals surface area contributed by atoms with Gasteiger partial charge in [0.1, 0.15) is 0 Å². The summed E-state index contributed by atoms with van der Waals surface area (Å²) in [5.41, 5.74) is 0.288. The smallest absolute Gasteiger partial charge is 0.254 e. The van der Waals surface area contributed by atoms with Crippen molar-refractivity contribution in [1.29, 1.82) is 5.26 Å². The minimum atomic E-state index is -0.662. The van der Waals surface area contributed by atoms with Gasteiger partial charge in [0.25, 0.3) is 5.91 Å². The second-order valence-electron chi connectivity index (χ2n) is 4.09. The second-order valence-corrected chi connectivity index (χ2v) is 4.09. The number of amides is 1. The van der Waals surface area contributed by atoms with E-state index in [9.17, 15) is 9.18 Å². The zero-order valence-corrected chi connectivity index (χ0v) is 9.27. The fourth-order valence-electron chi connectivity index (χ4n) is 1.99. The van der Waals surface area contributed by atoms with Crippen LogP contribution in [-0.4, -0.2) is 28.9 Å². The molecule has 1 aromatic rings. The normalized spacial score (nSPS) is 19.8. The molecule has 1 amide bonds. The molecule has 0 aromatic carbocycles. The first-order valence-electron chi connectivity index (χ1n) is 5.51. The van der Waals surface area contributed by atoms with Gasteiger partial charge in [-0.2, -0.15) is 9.65 Å². The minimum absolute atomic E-state index is 0.112. The van der Waals surface area contributed by atoms with Gasteiger partial charge in [-0.25, -0.2) is 4.98 Å². The lowest BCUT2D eigenvalue weighted by Crippen LogP contribution is -2.39. The number of likely N-dealkylation sites (tertiary alicyclic amines) is 1. The lowest BCUT2D eigenvalue weighted by molar-refractivity contribution is 0.0698. The fraction of sp³-hybridized carbons (Fsp3) is 0.417. The first-order valence-corrected chi connectivity index (χ1v) is 5.51. The lowest BCUT2D eigenvalue weighted by Gasteiger charge is -2.29. The van der Waals surface area contributed by atoms with Gasteiger partial charge >= 0.3 is 0 Å². The average molecular weight is 233 g/mol. The molecule has 4 nitrogen and oxygen atoms in total. The van der Waals surface area contributed by atoms with E-state index in [4.69, 9.17) is 5.26 Å². The maximum Gasteiger partial charge on any atom is 0.254 e. The number of hydrogen-bond donors (Lipinski definition) is 0. The largest absolute Gasteiger partial charge is 0.337 e. The number of nitrogens with zero attached hydrogens (tertiary/aromatic N) is 3. The predicted molar refractivity (Wildman–Crippen MR) is 58.4 cm³/mol. The van der Waals surface area contributed by atoms with Crippen molar-refractivity contribution in [2.24, 2.45) is 5.92 Å². The number of carbonyl (C=O) groups is 1. The van der Waals surface area contributed by atoms with E-state index in [0.29, 0.717) is 13.1 Å². The molecule has 0 bridgehead atoms. The third-order valence-electron chi connectivity index (χ3n) is 2.86. The van der Waals surface area contributed by atoms with Crippen molar-refractivity contribution in [1.82, 2.24) is 9.88 Å². The molecular formula is C12H12FN3O. The number of nitriles is 1. The molecule has 0 radical (unpaired) electrons. The van der Waals surface area contributed by atoms with Gasteiger partial charge in [0.15, 0.2) is 0 Å². The van der Waals surface area contributed by atoms with Crippen LogP contribution in [0.2, 0.25) is 0 Å². The van der Waals surface area contributed by atoms with Crippen LogP contribution in [0.4, 0.5) is 4.39 Å². The first-order chi connectivity index (χ1) is 8.20. The summed E-state index contributed by atoms with van der Waals surface area (Å²) in [6.45, 7) is 1.06. The average Bonchev–Trinajstić information content (AvgIpc) is 2.38. The van der Waals surface area contributed by atoms with Crippen molar-refractivity contribution < 1.29 is 9.18 Å². The third-order valence-corrected chi connectivity index (χ3v) is 2.86. The van der Waals surface area contributed by atoms with Gasteiger partial charge in [0.05, 0.1) is 12.0 Å². The van der Waals surface area contributed by atoms with Crippen LogP contribution in [0.15, 0.2) is 18.3 Å². The molecule has 0 N–H and O–H groups in total. The predicted octanol–water partition coefficient (Wildman–Crippen LogP) is 1.60. The Morgan fingerprint density at radius 3 is 3.18 bits per heavy atom. The Morgan fingerprint density at radius 1 is 1.65 bits per heavy atom. The number of piperidine rings is 1. The quantitative estimate of drug-likeness (QED) is 0.692. The van der Waals surface area contributed by atoms with Crippen LogP contribution in [0.5, 0.6) is 0 Å². The van der Waals surface area contributed by atoms with Crippen LogP contribution in [0.3, 0.4) is 0 Å². The van der Waals surface area contributed by atoms with E-state index in [1.807, 2.05) is 0 Å². The van der Waals surface area contributed by atoms with E-state index in [2.05, 4.69) is 11.1 Å². The van der Waals surface area contributed by atoms with Crippen LogP contribution >= 0.6 is 0 Å².